The van der Waals surface area contributed by atoms with Crippen LogP contribution in [0.25, 0.3) is 21.9 Å². The van der Waals surface area contributed by atoms with Gasteiger partial charge in [0.2, 0.25) is 0 Å². The fraction of sp³-hybridized carbons (Fsp3) is 0.318. The van der Waals surface area contributed by atoms with Crippen LogP contribution in [-0.2, 0) is 12.8 Å². The molecule has 6 nitrogen and oxygen atoms in total. The molecule has 148 valence electrons. The summed E-state index contributed by atoms with van der Waals surface area (Å²) in [5.74, 6) is 2.07. The number of thiophene rings is 1. The van der Waals surface area contributed by atoms with Gasteiger partial charge in [0.15, 0.2) is 17.3 Å². The summed E-state index contributed by atoms with van der Waals surface area (Å²) in [6, 6.07) is 7.52. The highest BCUT2D eigenvalue weighted by atomic mass is 32.1. The fourth-order valence-corrected chi connectivity index (χ4v) is 5.12. The van der Waals surface area contributed by atoms with Crippen LogP contribution in [0, 0.1) is 17.2 Å². The number of hydrogen-bond acceptors (Lipinski definition) is 6. The Labute approximate surface area is 172 Å². The number of nitrogens with one attached hydrogen (secondary N) is 1. The van der Waals surface area contributed by atoms with E-state index in [1.54, 1.807) is 43.8 Å². The Bertz CT molecular complexity index is 1220. The van der Waals surface area contributed by atoms with Crippen molar-refractivity contribution in [2.45, 2.75) is 26.2 Å². The first kappa shape index (κ1) is 19.2. The molecule has 0 spiro atoms. The van der Waals surface area contributed by atoms with Crippen LogP contribution >= 0.6 is 11.3 Å². The lowest BCUT2D eigenvalue weighted by molar-refractivity contribution is 0.355. The van der Waals surface area contributed by atoms with Gasteiger partial charge in [-0.3, -0.25) is 4.79 Å². The van der Waals surface area contributed by atoms with Gasteiger partial charge in [-0.1, -0.05) is 13.0 Å². The van der Waals surface area contributed by atoms with E-state index in [-0.39, 0.29) is 17.0 Å². The Kier molecular flexibility index (Phi) is 5.12. The van der Waals surface area contributed by atoms with E-state index < -0.39 is 0 Å². The lowest BCUT2D eigenvalue weighted by atomic mass is 9.89. The highest BCUT2D eigenvalue weighted by Gasteiger charge is 2.23. The largest absolute Gasteiger partial charge is 0.493 e. The maximum Gasteiger partial charge on any atom is 0.260 e. The molecule has 0 saturated carbocycles. The van der Waals surface area contributed by atoms with Gasteiger partial charge >= 0.3 is 0 Å². The summed E-state index contributed by atoms with van der Waals surface area (Å²) in [4.78, 5) is 22.2. The molecule has 2 aromatic heterocycles. The van der Waals surface area contributed by atoms with Crippen molar-refractivity contribution in [1.82, 2.24) is 9.97 Å². The van der Waals surface area contributed by atoms with Crippen LogP contribution in [-0.4, -0.2) is 24.2 Å². The van der Waals surface area contributed by atoms with E-state index in [1.165, 1.54) is 4.88 Å². The van der Waals surface area contributed by atoms with Gasteiger partial charge in [0.25, 0.3) is 5.56 Å². The van der Waals surface area contributed by atoms with E-state index in [0.29, 0.717) is 27.6 Å². The predicted molar refractivity (Wildman–Crippen MR) is 114 cm³/mol. The van der Waals surface area contributed by atoms with Gasteiger partial charge in [-0.2, -0.15) is 5.26 Å². The van der Waals surface area contributed by atoms with Crippen molar-refractivity contribution in [2.75, 3.05) is 14.2 Å². The third-order valence-corrected chi connectivity index (χ3v) is 6.41. The normalized spacial score (nSPS) is 16.3. The van der Waals surface area contributed by atoms with E-state index in [0.717, 1.165) is 30.4 Å². The Hall–Kier alpha value is -3.11. The van der Waals surface area contributed by atoms with Crippen LogP contribution in [0.15, 0.2) is 23.0 Å². The molecule has 1 aliphatic rings. The van der Waals surface area contributed by atoms with Gasteiger partial charge < -0.3 is 14.5 Å². The second-order valence-corrected chi connectivity index (χ2v) is 8.31. The highest BCUT2D eigenvalue weighted by molar-refractivity contribution is 7.18. The van der Waals surface area contributed by atoms with Crippen molar-refractivity contribution in [1.29, 1.82) is 5.26 Å². The minimum Gasteiger partial charge on any atom is -0.493 e. The zero-order chi connectivity index (χ0) is 20.5. The molecule has 0 bridgehead atoms. The standard InChI is InChI=1S/C22H21N3O3S/c1-12-4-6-15-18(8-12)29-22-19(15)21(26)24-20(25-22)14(11-23)9-13-5-7-16(27-2)17(10-13)28-3/h5,7,9-10,12H,4,6,8H2,1-3H3,(H,24,25,26). The Morgan fingerprint density at radius 1 is 1.34 bits per heavy atom. The molecule has 0 saturated heterocycles. The van der Waals surface area contributed by atoms with Crippen LogP contribution < -0.4 is 15.0 Å². The van der Waals surface area contributed by atoms with Crippen molar-refractivity contribution >= 4 is 33.2 Å². The number of nitriles is 1. The number of nitrogens with zero attached hydrogens (tertiary/aromatic N) is 2. The molecule has 7 heteroatoms. The van der Waals surface area contributed by atoms with Crippen molar-refractivity contribution in [3.63, 3.8) is 0 Å². The molecule has 29 heavy (non-hydrogen) atoms. The molecule has 0 fully saturated rings. The van der Waals surface area contributed by atoms with Crippen LogP contribution in [0.3, 0.4) is 0 Å². The van der Waals surface area contributed by atoms with Gasteiger partial charge in [-0.15, -0.1) is 11.3 Å². The zero-order valence-corrected chi connectivity index (χ0v) is 17.4. The smallest absolute Gasteiger partial charge is 0.260 e. The van der Waals surface area contributed by atoms with Crippen molar-refractivity contribution < 1.29 is 9.47 Å². The lowest BCUT2D eigenvalue weighted by Crippen LogP contribution is -2.14. The van der Waals surface area contributed by atoms with Gasteiger partial charge in [-0.25, -0.2) is 4.98 Å². The number of methoxy groups -OCH3 is 2. The first-order valence-electron chi connectivity index (χ1n) is 9.42. The van der Waals surface area contributed by atoms with Crippen LogP contribution in [0.4, 0.5) is 0 Å². The number of fused-ring (bicyclic) bond motifs is 3. The number of aromatic nitrogens is 2. The summed E-state index contributed by atoms with van der Waals surface area (Å²) in [6.07, 6.45) is 4.66. The van der Waals surface area contributed by atoms with Crippen LogP contribution in [0.1, 0.15) is 35.2 Å². The number of aryl methyl sites for hydroxylation is 1. The van der Waals surface area contributed by atoms with E-state index in [4.69, 9.17) is 9.47 Å². The number of benzene rings is 1. The number of H-pyrrole nitrogens is 1. The molecule has 1 aliphatic carbocycles. The van der Waals surface area contributed by atoms with Crippen molar-refractivity contribution in [3.05, 3.63) is 50.4 Å². The monoisotopic (exact) mass is 407 g/mol. The fourth-order valence-electron chi connectivity index (χ4n) is 3.74. The number of rotatable bonds is 4. The summed E-state index contributed by atoms with van der Waals surface area (Å²) in [7, 11) is 3.13. The second-order valence-electron chi connectivity index (χ2n) is 7.23. The molecule has 0 amide bonds. The lowest BCUT2D eigenvalue weighted by Gasteiger charge is -2.17. The molecule has 1 aromatic carbocycles. The van der Waals surface area contributed by atoms with Gasteiger partial charge in [0, 0.05) is 4.88 Å². The van der Waals surface area contributed by atoms with Gasteiger partial charge in [0.05, 0.1) is 25.2 Å². The van der Waals surface area contributed by atoms with Crippen molar-refractivity contribution in [2.24, 2.45) is 5.92 Å². The molecule has 3 aromatic rings. The maximum atomic E-state index is 12.8. The van der Waals surface area contributed by atoms with Crippen LogP contribution in [0.5, 0.6) is 11.5 Å². The Morgan fingerprint density at radius 3 is 2.86 bits per heavy atom. The summed E-state index contributed by atoms with van der Waals surface area (Å²) >= 11 is 1.57. The van der Waals surface area contributed by atoms with E-state index in [1.807, 2.05) is 6.07 Å². The zero-order valence-electron chi connectivity index (χ0n) is 16.5. The Morgan fingerprint density at radius 2 is 2.14 bits per heavy atom. The molecular weight excluding hydrogens is 386 g/mol. The molecule has 1 N–H and O–H groups in total. The average molecular weight is 407 g/mol. The minimum absolute atomic E-state index is 0.175. The van der Waals surface area contributed by atoms with Crippen LogP contribution in [0.2, 0.25) is 0 Å². The number of aromatic amines is 1. The third kappa shape index (κ3) is 3.52. The van der Waals surface area contributed by atoms with Crippen molar-refractivity contribution in [3.8, 4) is 17.6 Å². The summed E-state index contributed by atoms with van der Waals surface area (Å²) in [5, 5.41) is 10.4. The number of hydrogen-bond donors (Lipinski definition) is 1. The van der Waals surface area contributed by atoms with E-state index >= 15 is 0 Å². The average Bonchev–Trinajstić information content (AvgIpc) is 3.09. The molecule has 0 aliphatic heterocycles. The van der Waals surface area contributed by atoms with Gasteiger partial charge in [-0.05, 0) is 54.5 Å². The van der Waals surface area contributed by atoms with E-state index in [2.05, 4.69) is 23.0 Å². The second kappa shape index (κ2) is 7.72. The quantitative estimate of drug-likeness (QED) is 0.655. The summed E-state index contributed by atoms with van der Waals surface area (Å²) in [5.41, 5.74) is 1.99. The third-order valence-electron chi connectivity index (χ3n) is 5.26. The maximum absolute atomic E-state index is 12.8. The molecule has 1 atom stereocenters. The highest BCUT2D eigenvalue weighted by Crippen LogP contribution is 2.36. The molecule has 1 unspecified atom stereocenters. The SMILES string of the molecule is COc1ccc(C=C(C#N)c2nc3sc4c(c3c(=O)[nH]2)CCC(C)C4)cc1OC. The summed E-state index contributed by atoms with van der Waals surface area (Å²) in [6.45, 7) is 2.23. The number of ether oxygens (including phenoxy) is 2. The molecular formula is C22H21N3O3S. The molecule has 4 rings (SSSR count). The van der Waals surface area contributed by atoms with Gasteiger partial charge in [0.1, 0.15) is 10.9 Å². The molecule has 2 heterocycles. The number of allylic oxidation sites excluding steroid dienone is 1. The topological polar surface area (TPSA) is 88.0 Å². The first-order chi connectivity index (χ1) is 14.0. The Balaban J connectivity index is 1.79. The molecule has 0 radical (unpaired) electrons. The van der Waals surface area contributed by atoms with E-state index in [9.17, 15) is 10.1 Å². The first-order valence-corrected chi connectivity index (χ1v) is 10.2. The predicted octanol–water partition coefficient (Wildman–Crippen LogP) is 4.19. The summed E-state index contributed by atoms with van der Waals surface area (Å²) < 4.78 is 10.6. The minimum atomic E-state index is -0.175.